The van der Waals surface area contributed by atoms with Crippen LogP contribution < -0.4 is 0 Å². The van der Waals surface area contributed by atoms with Crippen LogP contribution in [0.1, 0.15) is 22.5 Å². The van der Waals surface area contributed by atoms with Crippen molar-refractivity contribution in [2.45, 2.75) is 18.9 Å². The minimum absolute atomic E-state index is 0.0833. The highest BCUT2D eigenvalue weighted by Gasteiger charge is 2.35. The number of carbonyl (C=O) groups excluding carboxylic acids is 2. The van der Waals surface area contributed by atoms with Crippen LogP contribution in [-0.4, -0.2) is 36.5 Å². The number of nitrogens with zero attached hydrogens (tertiary/aromatic N) is 1. The third-order valence-electron chi connectivity index (χ3n) is 3.90. The standard InChI is InChI=1S/C17H17NO3S/c1-21-17(20)14-8-5-9-18(14)16(19)15-10-13(11-22-15)12-6-3-2-4-7-12/h2-4,6-7,10-11,14H,5,8-9H2,1H3/t14-/m1/s1. The van der Waals surface area contributed by atoms with E-state index in [1.54, 1.807) is 4.90 Å². The van der Waals surface area contributed by atoms with E-state index >= 15 is 0 Å². The molecule has 0 saturated carbocycles. The summed E-state index contributed by atoms with van der Waals surface area (Å²) < 4.78 is 4.80. The fourth-order valence-corrected chi connectivity index (χ4v) is 3.63. The van der Waals surface area contributed by atoms with Crippen LogP contribution in [-0.2, 0) is 9.53 Å². The molecule has 1 amide bonds. The predicted molar refractivity (Wildman–Crippen MR) is 85.8 cm³/mol. The van der Waals surface area contributed by atoms with E-state index in [1.165, 1.54) is 18.4 Å². The molecule has 0 unspecified atom stereocenters. The van der Waals surface area contributed by atoms with Gasteiger partial charge in [-0.15, -0.1) is 11.3 Å². The molecule has 22 heavy (non-hydrogen) atoms. The molecule has 0 bridgehead atoms. The fourth-order valence-electron chi connectivity index (χ4n) is 2.76. The van der Waals surface area contributed by atoms with Crippen LogP contribution in [0.25, 0.3) is 11.1 Å². The van der Waals surface area contributed by atoms with E-state index in [0.717, 1.165) is 17.5 Å². The summed E-state index contributed by atoms with van der Waals surface area (Å²) in [6.45, 7) is 0.608. The molecule has 2 aromatic rings. The summed E-state index contributed by atoms with van der Waals surface area (Å²) in [4.78, 5) is 26.7. The van der Waals surface area contributed by atoms with Gasteiger partial charge in [0.1, 0.15) is 6.04 Å². The molecule has 5 heteroatoms. The van der Waals surface area contributed by atoms with Crippen LogP contribution in [0.4, 0.5) is 0 Å². The third-order valence-corrected chi connectivity index (χ3v) is 4.82. The fraction of sp³-hybridized carbons (Fsp3) is 0.294. The first kappa shape index (κ1) is 14.8. The van der Waals surface area contributed by atoms with Crippen LogP contribution in [0.15, 0.2) is 41.8 Å². The van der Waals surface area contributed by atoms with E-state index in [1.807, 2.05) is 41.8 Å². The number of amides is 1. The van der Waals surface area contributed by atoms with Gasteiger partial charge in [0, 0.05) is 6.54 Å². The molecule has 1 aromatic carbocycles. The van der Waals surface area contributed by atoms with E-state index in [2.05, 4.69) is 0 Å². The number of thiophene rings is 1. The number of hydrogen-bond acceptors (Lipinski definition) is 4. The Balaban J connectivity index is 1.81. The Labute approximate surface area is 133 Å². The normalized spacial score (nSPS) is 17.5. The van der Waals surface area contributed by atoms with Crippen LogP contribution >= 0.6 is 11.3 Å². The Morgan fingerprint density at radius 2 is 2.00 bits per heavy atom. The maximum atomic E-state index is 12.7. The Kier molecular flexibility index (Phi) is 4.24. The van der Waals surface area contributed by atoms with Gasteiger partial charge in [-0.2, -0.15) is 0 Å². The highest BCUT2D eigenvalue weighted by atomic mass is 32.1. The Bertz CT molecular complexity index is 680. The molecule has 1 atom stereocenters. The number of methoxy groups -OCH3 is 1. The minimum Gasteiger partial charge on any atom is -0.467 e. The second kappa shape index (κ2) is 6.32. The van der Waals surface area contributed by atoms with Crippen molar-refractivity contribution in [1.29, 1.82) is 0 Å². The SMILES string of the molecule is COC(=O)[C@H]1CCCN1C(=O)c1cc(-c2ccccc2)cs1. The lowest BCUT2D eigenvalue weighted by molar-refractivity contribution is -0.145. The molecule has 4 nitrogen and oxygen atoms in total. The van der Waals surface area contributed by atoms with E-state index in [-0.39, 0.29) is 11.9 Å². The largest absolute Gasteiger partial charge is 0.467 e. The van der Waals surface area contributed by atoms with Crippen molar-refractivity contribution in [2.75, 3.05) is 13.7 Å². The summed E-state index contributed by atoms with van der Waals surface area (Å²) in [5, 5.41) is 1.98. The zero-order valence-electron chi connectivity index (χ0n) is 12.3. The van der Waals surface area contributed by atoms with Gasteiger partial charge in [-0.25, -0.2) is 4.79 Å². The molecule has 1 saturated heterocycles. The predicted octanol–water partition coefficient (Wildman–Crippen LogP) is 3.19. The van der Waals surface area contributed by atoms with Gasteiger partial charge >= 0.3 is 5.97 Å². The van der Waals surface area contributed by atoms with Gasteiger partial charge in [0.15, 0.2) is 0 Å². The van der Waals surface area contributed by atoms with Crippen LogP contribution in [0, 0.1) is 0 Å². The maximum Gasteiger partial charge on any atom is 0.328 e. The lowest BCUT2D eigenvalue weighted by Gasteiger charge is -2.21. The molecule has 0 spiro atoms. The van der Waals surface area contributed by atoms with Crippen molar-refractivity contribution in [1.82, 2.24) is 4.90 Å². The summed E-state index contributed by atoms with van der Waals surface area (Å²) in [5.74, 6) is -0.411. The molecule has 1 aliphatic rings. The quantitative estimate of drug-likeness (QED) is 0.817. The Hall–Kier alpha value is -2.14. The number of rotatable bonds is 3. The zero-order valence-corrected chi connectivity index (χ0v) is 13.1. The first-order chi connectivity index (χ1) is 10.7. The molecule has 1 fully saturated rings. The zero-order chi connectivity index (χ0) is 15.5. The van der Waals surface area contributed by atoms with Crippen molar-refractivity contribution in [3.63, 3.8) is 0 Å². The maximum absolute atomic E-state index is 12.7. The molecule has 3 rings (SSSR count). The van der Waals surface area contributed by atoms with E-state index in [9.17, 15) is 9.59 Å². The molecular weight excluding hydrogens is 298 g/mol. The summed E-state index contributed by atoms with van der Waals surface area (Å²) in [6.07, 6.45) is 1.51. The lowest BCUT2D eigenvalue weighted by atomic mass is 10.1. The van der Waals surface area contributed by atoms with Crippen LogP contribution in [0.5, 0.6) is 0 Å². The van der Waals surface area contributed by atoms with Gasteiger partial charge in [-0.05, 0) is 35.4 Å². The lowest BCUT2D eigenvalue weighted by Crippen LogP contribution is -2.40. The van der Waals surface area contributed by atoms with Crippen molar-refractivity contribution in [3.8, 4) is 11.1 Å². The highest BCUT2D eigenvalue weighted by Crippen LogP contribution is 2.28. The molecule has 1 aliphatic heterocycles. The van der Waals surface area contributed by atoms with Crippen LogP contribution in [0.3, 0.4) is 0 Å². The third kappa shape index (κ3) is 2.76. The topological polar surface area (TPSA) is 46.6 Å². The first-order valence-electron chi connectivity index (χ1n) is 7.23. The van der Waals surface area contributed by atoms with Crippen molar-refractivity contribution >= 4 is 23.2 Å². The minimum atomic E-state index is -0.445. The van der Waals surface area contributed by atoms with Crippen molar-refractivity contribution in [2.24, 2.45) is 0 Å². The second-order valence-electron chi connectivity index (χ2n) is 5.25. The van der Waals surface area contributed by atoms with Gasteiger partial charge in [0.2, 0.25) is 0 Å². The average molecular weight is 315 g/mol. The van der Waals surface area contributed by atoms with Crippen LogP contribution in [0.2, 0.25) is 0 Å². The van der Waals surface area contributed by atoms with Crippen molar-refractivity contribution in [3.05, 3.63) is 46.7 Å². The summed E-state index contributed by atoms with van der Waals surface area (Å²) >= 11 is 1.42. The Morgan fingerprint density at radius 1 is 1.23 bits per heavy atom. The molecule has 2 heterocycles. The summed E-state index contributed by atoms with van der Waals surface area (Å²) in [7, 11) is 1.36. The van der Waals surface area contributed by atoms with Gasteiger partial charge in [-0.3, -0.25) is 4.79 Å². The first-order valence-corrected chi connectivity index (χ1v) is 8.11. The van der Waals surface area contributed by atoms with E-state index in [0.29, 0.717) is 17.8 Å². The van der Waals surface area contributed by atoms with Gasteiger partial charge < -0.3 is 9.64 Å². The number of likely N-dealkylation sites (tertiary alicyclic amines) is 1. The average Bonchev–Trinajstić information content (AvgIpc) is 3.23. The summed E-state index contributed by atoms with van der Waals surface area (Å²) in [6, 6.07) is 11.4. The number of hydrogen-bond donors (Lipinski definition) is 0. The number of carbonyl (C=O) groups is 2. The number of esters is 1. The molecule has 0 aliphatic carbocycles. The van der Waals surface area contributed by atoms with E-state index < -0.39 is 6.04 Å². The number of ether oxygens (including phenoxy) is 1. The van der Waals surface area contributed by atoms with E-state index in [4.69, 9.17) is 4.74 Å². The van der Waals surface area contributed by atoms with Gasteiger partial charge in [0.05, 0.1) is 12.0 Å². The molecular formula is C17H17NO3S. The monoisotopic (exact) mass is 315 g/mol. The molecule has 114 valence electrons. The molecule has 0 radical (unpaired) electrons. The summed E-state index contributed by atoms with van der Waals surface area (Å²) in [5.41, 5.74) is 2.12. The highest BCUT2D eigenvalue weighted by molar-refractivity contribution is 7.12. The van der Waals surface area contributed by atoms with Gasteiger partial charge in [-0.1, -0.05) is 30.3 Å². The van der Waals surface area contributed by atoms with Gasteiger partial charge in [0.25, 0.3) is 5.91 Å². The number of benzene rings is 1. The Morgan fingerprint density at radius 3 is 2.73 bits per heavy atom. The van der Waals surface area contributed by atoms with Crippen molar-refractivity contribution < 1.29 is 14.3 Å². The smallest absolute Gasteiger partial charge is 0.328 e. The second-order valence-corrected chi connectivity index (χ2v) is 6.16. The molecule has 1 aromatic heterocycles. The molecule has 0 N–H and O–H groups in total.